The SMILES string of the molecule is COc1ccc(-c2csc(NC(=O)/C=C/c3ccc(CCCCC(F)(F)C(F)(F)F)cc3N)n2)cc1. The third-order valence-electron chi connectivity index (χ3n) is 5.31. The van der Waals surface area contributed by atoms with Crippen LogP contribution in [0.25, 0.3) is 17.3 Å². The minimum atomic E-state index is -5.53. The van der Waals surface area contributed by atoms with Gasteiger partial charge in [-0.05, 0) is 66.8 Å². The molecule has 0 aliphatic rings. The van der Waals surface area contributed by atoms with Crippen molar-refractivity contribution in [1.82, 2.24) is 4.98 Å². The first-order valence-electron chi connectivity index (χ1n) is 10.9. The fourth-order valence-corrected chi connectivity index (χ4v) is 4.01. The number of methoxy groups -OCH3 is 1. The van der Waals surface area contributed by atoms with Gasteiger partial charge in [-0.25, -0.2) is 4.98 Å². The highest BCUT2D eigenvalue weighted by molar-refractivity contribution is 7.14. The molecule has 1 heterocycles. The second-order valence-corrected chi connectivity index (χ2v) is 8.82. The molecule has 0 saturated heterocycles. The molecule has 192 valence electrons. The Labute approximate surface area is 208 Å². The number of aromatic nitrogens is 1. The molecule has 0 spiro atoms. The standard InChI is InChI=1S/C25H24F5N3O2S/c1-35-19-10-7-18(8-11-19)21-15-36-23(32-21)33-22(34)12-9-17-6-5-16(14-20(17)31)4-2-3-13-24(26,27)25(28,29)30/h5-12,14-15H,2-4,13,31H2,1H3,(H,32,33,34)/b12-9+. The molecule has 0 radical (unpaired) electrons. The first-order chi connectivity index (χ1) is 17.0. The molecule has 0 saturated carbocycles. The van der Waals surface area contributed by atoms with Gasteiger partial charge in [0.05, 0.1) is 12.8 Å². The van der Waals surface area contributed by atoms with Crippen LogP contribution in [0.3, 0.4) is 0 Å². The molecule has 0 aliphatic carbocycles. The molecule has 3 aromatic rings. The van der Waals surface area contributed by atoms with E-state index in [9.17, 15) is 26.7 Å². The number of alkyl halides is 5. The number of aryl methyl sites for hydroxylation is 1. The van der Waals surface area contributed by atoms with E-state index < -0.39 is 24.4 Å². The number of nitrogen functional groups attached to an aromatic ring is 1. The molecule has 3 rings (SSSR count). The van der Waals surface area contributed by atoms with Crippen molar-refractivity contribution in [3.05, 3.63) is 65.0 Å². The summed E-state index contributed by atoms with van der Waals surface area (Å²) in [7, 11) is 1.58. The third-order valence-corrected chi connectivity index (χ3v) is 6.06. The number of nitrogens with zero attached hydrogens (tertiary/aromatic N) is 1. The van der Waals surface area contributed by atoms with Crippen molar-refractivity contribution < 1.29 is 31.5 Å². The van der Waals surface area contributed by atoms with Crippen molar-refractivity contribution in [2.75, 3.05) is 18.2 Å². The first-order valence-corrected chi connectivity index (χ1v) is 11.8. The zero-order valence-electron chi connectivity index (χ0n) is 19.2. The Morgan fingerprint density at radius 2 is 1.83 bits per heavy atom. The van der Waals surface area contributed by atoms with E-state index in [1.807, 2.05) is 29.6 Å². The molecule has 0 bridgehead atoms. The topological polar surface area (TPSA) is 77.2 Å². The molecular formula is C25H24F5N3O2S. The summed E-state index contributed by atoms with van der Waals surface area (Å²) in [6.45, 7) is 0. The zero-order valence-corrected chi connectivity index (χ0v) is 20.1. The van der Waals surface area contributed by atoms with E-state index in [0.29, 0.717) is 34.1 Å². The van der Waals surface area contributed by atoms with E-state index in [4.69, 9.17) is 10.5 Å². The van der Waals surface area contributed by atoms with Crippen molar-refractivity contribution in [3.63, 3.8) is 0 Å². The molecule has 2 aromatic carbocycles. The predicted molar refractivity (Wildman–Crippen MR) is 131 cm³/mol. The van der Waals surface area contributed by atoms with Crippen LogP contribution in [0.15, 0.2) is 53.9 Å². The normalized spacial score (nSPS) is 12.2. The number of nitrogens with one attached hydrogen (secondary N) is 1. The highest BCUT2D eigenvalue weighted by Gasteiger charge is 2.56. The van der Waals surface area contributed by atoms with Crippen LogP contribution < -0.4 is 15.8 Å². The summed E-state index contributed by atoms with van der Waals surface area (Å²) < 4.78 is 67.7. The fourth-order valence-electron chi connectivity index (χ4n) is 3.29. The quantitative estimate of drug-likeness (QED) is 0.130. The monoisotopic (exact) mass is 525 g/mol. The average molecular weight is 526 g/mol. The number of hydrogen-bond acceptors (Lipinski definition) is 5. The predicted octanol–water partition coefficient (Wildman–Crippen LogP) is 6.96. The van der Waals surface area contributed by atoms with Crippen LogP contribution in [0.5, 0.6) is 5.75 Å². The summed E-state index contributed by atoms with van der Waals surface area (Å²) in [6.07, 6.45) is -3.75. The number of anilines is 2. The van der Waals surface area contributed by atoms with Crippen molar-refractivity contribution in [1.29, 1.82) is 0 Å². The lowest BCUT2D eigenvalue weighted by Crippen LogP contribution is -2.36. The van der Waals surface area contributed by atoms with Gasteiger partial charge in [-0.15, -0.1) is 11.3 Å². The number of unbranched alkanes of at least 4 members (excludes halogenated alkanes) is 1. The summed E-state index contributed by atoms with van der Waals surface area (Å²) >= 11 is 1.28. The number of thiazole rings is 1. The summed E-state index contributed by atoms with van der Waals surface area (Å²) in [5.41, 5.74) is 9.23. The van der Waals surface area contributed by atoms with Crippen molar-refractivity contribution >= 4 is 34.1 Å². The van der Waals surface area contributed by atoms with Gasteiger partial charge in [-0.1, -0.05) is 12.1 Å². The van der Waals surface area contributed by atoms with Crippen LogP contribution in [-0.4, -0.2) is 30.1 Å². The molecule has 5 nitrogen and oxygen atoms in total. The Hall–Kier alpha value is -3.47. The van der Waals surface area contributed by atoms with Crippen LogP contribution in [0, 0.1) is 0 Å². The van der Waals surface area contributed by atoms with E-state index in [1.165, 1.54) is 23.5 Å². The average Bonchev–Trinajstić information content (AvgIpc) is 3.29. The van der Waals surface area contributed by atoms with Crippen LogP contribution >= 0.6 is 11.3 Å². The Kier molecular flexibility index (Phi) is 8.67. The molecule has 0 aliphatic heterocycles. The highest BCUT2D eigenvalue weighted by atomic mass is 32.1. The van der Waals surface area contributed by atoms with Crippen LogP contribution in [0.2, 0.25) is 0 Å². The maximum atomic E-state index is 13.0. The minimum absolute atomic E-state index is 0.162. The number of halogens is 5. The summed E-state index contributed by atoms with van der Waals surface area (Å²) in [6, 6.07) is 12.3. The lowest BCUT2D eigenvalue weighted by atomic mass is 10.0. The number of amides is 1. The van der Waals surface area contributed by atoms with Gasteiger partial charge in [0.25, 0.3) is 0 Å². The van der Waals surface area contributed by atoms with Gasteiger partial charge in [0.1, 0.15) is 5.75 Å². The van der Waals surface area contributed by atoms with E-state index >= 15 is 0 Å². The smallest absolute Gasteiger partial charge is 0.453 e. The highest BCUT2D eigenvalue weighted by Crippen LogP contribution is 2.39. The number of carbonyl (C=O) groups excluding carboxylic acids is 1. The second kappa shape index (κ2) is 11.5. The number of rotatable bonds is 10. The Bertz CT molecular complexity index is 1210. The molecular weight excluding hydrogens is 501 g/mol. The Balaban J connectivity index is 1.51. The minimum Gasteiger partial charge on any atom is -0.497 e. The van der Waals surface area contributed by atoms with E-state index in [-0.39, 0.29) is 12.8 Å². The van der Waals surface area contributed by atoms with Crippen molar-refractivity contribution in [2.45, 2.75) is 37.8 Å². The van der Waals surface area contributed by atoms with Gasteiger partial charge in [-0.2, -0.15) is 22.0 Å². The van der Waals surface area contributed by atoms with E-state index in [2.05, 4.69) is 10.3 Å². The van der Waals surface area contributed by atoms with E-state index in [1.54, 1.807) is 25.3 Å². The lowest BCUT2D eigenvalue weighted by molar-refractivity contribution is -0.284. The summed E-state index contributed by atoms with van der Waals surface area (Å²) in [4.78, 5) is 16.7. The van der Waals surface area contributed by atoms with Crippen LogP contribution in [0.4, 0.5) is 32.8 Å². The van der Waals surface area contributed by atoms with Crippen molar-refractivity contribution in [2.24, 2.45) is 0 Å². The zero-order chi connectivity index (χ0) is 26.3. The third kappa shape index (κ3) is 7.27. The Morgan fingerprint density at radius 3 is 2.47 bits per heavy atom. The van der Waals surface area contributed by atoms with Gasteiger partial charge in [-0.3, -0.25) is 10.1 Å². The molecule has 0 fully saturated rings. The van der Waals surface area contributed by atoms with Gasteiger partial charge < -0.3 is 10.5 Å². The molecule has 3 N–H and O–H groups in total. The largest absolute Gasteiger partial charge is 0.497 e. The number of nitrogens with two attached hydrogens (primary N) is 1. The number of hydrogen-bond donors (Lipinski definition) is 2. The molecule has 1 amide bonds. The summed E-state index contributed by atoms with van der Waals surface area (Å²) in [5.74, 6) is -4.36. The molecule has 1 aromatic heterocycles. The van der Waals surface area contributed by atoms with Crippen LogP contribution in [-0.2, 0) is 11.2 Å². The fraction of sp³-hybridized carbons (Fsp3) is 0.280. The molecule has 0 atom stereocenters. The van der Waals surface area contributed by atoms with Gasteiger partial charge >= 0.3 is 12.1 Å². The molecule has 0 unspecified atom stereocenters. The van der Waals surface area contributed by atoms with Gasteiger partial charge in [0.2, 0.25) is 5.91 Å². The molecule has 36 heavy (non-hydrogen) atoms. The number of ether oxygens (including phenoxy) is 1. The second-order valence-electron chi connectivity index (χ2n) is 7.96. The van der Waals surface area contributed by atoms with Crippen molar-refractivity contribution in [3.8, 4) is 17.0 Å². The van der Waals surface area contributed by atoms with E-state index in [0.717, 1.165) is 11.3 Å². The maximum Gasteiger partial charge on any atom is 0.453 e. The first kappa shape index (κ1) is 27.1. The van der Waals surface area contributed by atoms with Crippen LogP contribution in [0.1, 0.15) is 30.4 Å². The number of carbonyl (C=O) groups is 1. The van der Waals surface area contributed by atoms with Gasteiger partial charge in [0.15, 0.2) is 5.13 Å². The number of benzene rings is 2. The Morgan fingerprint density at radius 1 is 1.11 bits per heavy atom. The lowest BCUT2D eigenvalue weighted by Gasteiger charge is -2.19. The molecule has 11 heteroatoms. The van der Waals surface area contributed by atoms with Gasteiger partial charge in [0, 0.05) is 29.1 Å². The maximum absolute atomic E-state index is 13.0. The summed E-state index contributed by atoms with van der Waals surface area (Å²) in [5, 5.41) is 4.93.